The Bertz CT molecular complexity index is 1260. The van der Waals surface area contributed by atoms with Crippen LogP contribution >= 0.6 is 11.6 Å². The number of hydrogen-bond donors (Lipinski definition) is 1. The molecule has 9 heteroatoms. The van der Waals surface area contributed by atoms with Crippen LogP contribution in [0.3, 0.4) is 0 Å². The molecule has 0 aliphatic heterocycles. The van der Waals surface area contributed by atoms with Gasteiger partial charge in [-0.05, 0) is 47.4 Å². The molecule has 3 aromatic carbocycles. The average Bonchev–Trinajstić information content (AvgIpc) is 2.83. The van der Waals surface area contributed by atoms with E-state index in [-0.39, 0.29) is 15.6 Å². The van der Waals surface area contributed by atoms with Crippen molar-refractivity contribution in [2.24, 2.45) is 5.10 Å². The van der Waals surface area contributed by atoms with Gasteiger partial charge in [-0.15, -0.1) is 0 Å². The van der Waals surface area contributed by atoms with Crippen molar-refractivity contribution < 1.29 is 17.9 Å². The van der Waals surface area contributed by atoms with Crippen molar-refractivity contribution in [2.45, 2.75) is 24.7 Å². The fraction of sp³-hybridized carbons (Fsp3) is 0.200. The largest absolute Gasteiger partial charge is 0.495 e. The number of carbonyl (C=O) groups is 1. The summed E-state index contributed by atoms with van der Waals surface area (Å²) < 4.78 is 32.8. The second-order valence-corrected chi connectivity index (χ2v) is 10.0. The molecule has 0 aliphatic carbocycles. The van der Waals surface area contributed by atoms with E-state index in [4.69, 9.17) is 16.3 Å². The molecule has 34 heavy (non-hydrogen) atoms. The highest BCUT2D eigenvalue weighted by atomic mass is 35.5. The Balaban J connectivity index is 1.82. The molecule has 0 aliphatic rings. The van der Waals surface area contributed by atoms with Gasteiger partial charge in [-0.1, -0.05) is 67.9 Å². The van der Waals surface area contributed by atoms with Crippen LogP contribution in [0.2, 0.25) is 5.02 Å². The zero-order chi connectivity index (χ0) is 24.7. The number of benzene rings is 3. The number of hydrogen-bond acceptors (Lipinski definition) is 5. The second kappa shape index (κ2) is 11.2. The first kappa shape index (κ1) is 25.3. The van der Waals surface area contributed by atoms with Gasteiger partial charge < -0.3 is 4.74 Å². The zero-order valence-corrected chi connectivity index (χ0v) is 20.7. The lowest BCUT2D eigenvalue weighted by Crippen LogP contribution is -2.39. The Morgan fingerprint density at radius 3 is 2.35 bits per heavy atom. The highest BCUT2D eigenvalue weighted by molar-refractivity contribution is 7.92. The predicted octanol–water partition coefficient (Wildman–Crippen LogP) is 4.82. The summed E-state index contributed by atoms with van der Waals surface area (Å²) in [6.07, 6.45) is 1.50. The molecule has 0 radical (unpaired) electrons. The third kappa shape index (κ3) is 6.15. The van der Waals surface area contributed by atoms with E-state index in [9.17, 15) is 13.2 Å². The van der Waals surface area contributed by atoms with Crippen molar-refractivity contribution >= 4 is 39.4 Å². The Morgan fingerprint density at radius 2 is 1.76 bits per heavy atom. The normalized spacial score (nSPS) is 11.6. The molecule has 0 fully saturated rings. The predicted molar refractivity (Wildman–Crippen MR) is 135 cm³/mol. The van der Waals surface area contributed by atoms with Gasteiger partial charge in [0.05, 0.1) is 28.9 Å². The highest BCUT2D eigenvalue weighted by Gasteiger charge is 2.27. The number of sulfonamides is 1. The molecule has 1 N–H and O–H groups in total. The fourth-order valence-corrected chi connectivity index (χ4v) is 4.84. The number of rotatable bonds is 9. The van der Waals surface area contributed by atoms with Crippen LogP contribution in [-0.4, -0.2) is 34.2 Å². The molecular formula is C25H26ClN3O4S. The minimum absolute atomic E-state index is 0.0449. The van der Waals surface area contributed by atoms with E-state index < -0.39 is 22.5 Å². The molecular weight excluding hydrogens is 474 g/mol. The van der Waals surface area contributed by atoms with E-state index in [2.05, 4.69) is 24.4 Å². The first-order chi connectivity index (χ1) is 16.2. The van der Waals surface area contributed by atoms with Gasteiger partial charge in [-0.2, -0.15) is 5.10 Å². The van der Waals surface area contributed by atoms with Crippen molar-refractivity contribution in [3.63, 3.8) is 0 Å². The van der Waals surface area contributed by atoms with E-state index in [1.165, 1.54) is 43.2 Å². The smallest absolute Gasteiger partial charge is 0.264 e. The quantitative estimate of drug-likeness (QED) is 0.338. The van der Waals surface area contributed by atoms with Crippen molar-refractivity contribution in [2.75, 3.05) is 18.0 Å². The van der Waals surface area contributed by atoms with E-state index in [1.807, 2.05) is 24.3 Å². The van der Waals surface area contributed by atoms with Gasteiger partial charge in [0.25, 0.3) is 15.9 Å². The summed E-state index contributed by atoms with van der Waals surface area (Å²) in [7, 11) is -2.59. The van der Waals surface area contributed by atoms with E-state index in [0.29, 0.717) is 11.7 Å². The molecule has 1 amide bonds. The molecule has 0 saturated carbocycles. The maximum atomic E-state index is 13.3. The number of nitrogens with zero attached hydrogens (tertiary/aromatic N) is 2. The summed E-state index contributed by atoms with van der Waals surface area (Å²) in [6.45, 7) is 3.71. The molecule has 7 nitrogen and oxygen atoms in total. The standard InChI is InChI=1S/C25H26ClN3O4S/c1-18(2)20-11-9-19(10-12-20)16-27-28-25(30)17-29(21-13-14-24(33-3)23(26)15-21)34(31,32)22-7-5-4-6-8-22/h4-16,18H,17H2,1-3H3,(H,28,30)/b27-16-. The van der Waals surface area contributed by atoms with Crippen molar-refractivity contribution in [3.05, 3.63) is 88.9 Å². The Hall–Kier alpha value is -3.36. The second-order valence-electron chi connectivity index (χ2n) is 7.76. The summed E-state index contributed by atoms with van der Waals surface area (Å²) in [5, 5.41) is 4.19. The van der Waals surface area contributed by atoms with Crippen LogP contribution in [0.1, 0.15) is 30.9 Å². The van der Waals surface area contributed by atoms with Gasteiger partial charge in [0.15, 0.2) is 0 Å². The molecule has 0 aromatic heterocycles. The van der Waals surface area contributed by atoms with Gasteiger partial charge in [0.1, 0.15) is 12.3 Å². The van der Waals surface area contributed by atoms with Gasteiger partial charge in [-0.3, -0.25) is 9.10 Å². The summed E-state index contributed by atoms with van der Waals surface area (Å²) >= 11 is 6.22. The van der Waals surface area contributed by atoms with Crippen LogP contribution in [0, 0.1) is 0 Å². The fourth-order valence-electron chi connectivity index (χ4n) is 3.16. The molecule has 0 bridgehead atoms. The van der Waals surface area contributed by atoms with Gasteiger partial charge >= 0.3 is 0 Å². The maximum absolute atomic E-state index is 13.3. The summed E-state index contributed by atoms with van der Waals surface area (Å²) in [4.78, 5) is 12.7. The van der Waals surface area contributed by atoms with Gasteiger partial charge in [-0.25, -0.2) is 13.8 Å². The summed E-state index contributed by atoms with van der Waals surface area (Å²) in [5.74, 6) is 0.191. The molecule has 178 valence electrons. The zero-order valence-electron chi connectivity index (χ0n) is 19.1. The molecule has 0 atom stereocenters. The Labute approximate surface area is 205 Å². The number of ether oxygens (including phenoxy) is 1. The SMILES string of the molecule is COc1ccc(N(CC(=O)N/N=C\c2ccc(C(C)C)cc2)S(=O)(=O)c2ccccc2)cc1Cl. The summed E-state index contributed by atoms with van der Waals surface area (Å²) in [6, 6.07) is 20.2. The lowest BCUT2D eigenvalue weighted by Gasteiger charge is -2.24. The number of hydrazone groups is 1. The average molecular weight is 500 g/mol. The first-order valence-corrected chi connectivity index (χ1v) is 12.4. The molecule has 3 rings (SSSR count). The monoisotopic (exact) mass is 499 g/mol. The number of methoxy groups -OCH3 is 1. The highest BCUT2D eigenvalue weighted by Crippen LogP contribution is 2.31. The van der Waals surface area contributed by atoms with Gasteiger partial charge in [0.2, 0.25) is 0 Å². The maximum Gasteiger partial charge on any atom is 0.264 e. The third-order valence-corrected chi connectivity index (χ3v) is 7.13. The number of nitrogens with one attached hydrogen (secondary N) is 1. The lowest BCUT2D eigenvalue weighted by molar-refractivity contribution is -0.119. The van der Waals surface area contributed by atoms with Crippen molar-refractivity contribution in [1.29, 1.82) is 0 Å². The molecule has 0 unspecified atom stereocenters. The minimum Gasteiger partial charge on any atom is -0.495 e. The van der Waals surface area contributed by atoms with Crippen LogP contribution in [0.4, 0.5) is 5.69 Å². The number of halogens is 1. The minimum atomic E-state index is -4.05. The van der Waals surface area contributed by atoms with Crippen molar-refractivity contribution in [3.8, 4) is 5.75 Å². The first-order valence-electron chi connectivity index (χ1n) is 10.6. The van der Waals surface area contributed by atoms with Crippen LogP contribution in [0.5, 0.6) is 5.75 Å². The molecule has 0 heterocycles. The van der Waals surface area contributed by atoms with Crippen LogP contribution in [0.15, 0.2) is 82.8 Å². The van der Waals surface area contributed by atoms with E-state index in [0.717, 1.165) is 9.87 Å². The summed E-state index contributed by atoms with van der Waals surface area (Å²) in [5.41, 5.74) is 4.62. The van der Waals surface area contributed by atoms with Crippen molar-refractivity contribution in [1.82, 2.24) is 5.43 Å². The molecule has 3 aromatic rings. The topological polar surface area (TPSA) is 88.1 Å². The Kier molecular flexibility index (Phi) is 8.31. The third-order valence-electron chi connectivity index (χ3n) is 5.05. The molecule has 0 spiro atoms. The van der Waals surface area contributed by atoms with E-state index >= 15 is 0 Å². The van der Waals surface area contributed by atoms with Gasteiger partial charge in [0, 0.05) is 0 Å². The number of carbonyl (C=O) groups excluding carboxylic acids is 1. The number of amides is 1. The molecule has 0 saturated heterocycles. The lowest BCUT2D eigenvalue weighted by atomic mass is 10.0. The van der Waals surface area contributed by atoms with E-state index in [1.54, 1.807) is 24.3 Å². The number of anilines is 1. The Morgan fingerprint density at radius 1 is 1.09 bits per heavy atom. The van der Waals surface area contributed by atoms with Crippen LogP contribution in [-0.2, 0) is 14.8 Å². The van der Waals surface area contributed by atoms with Crippen LogP contribution < -0.4 is 14.5 Å². The van der Waals surface area contributed by atoms with Crippen LogP contribution in [0.25, 0.3) is 0 Å².